The van der Waals surface area contributed by atoms with Crippen LogP contribution in [0.15, 0.2) is 12.2 Å². The second kappa shape index (κ2) is 7.52. The van der Waals surface area contributed by atoms with Crippen molar-refractivity contribution in [3.05, 3.63) is 12.2 Å². The van der Waals surface area contributed by atoms with Crippen molar-refractivity contribution < 1.29 is 24.8 Å². The third kappa shape index (κ3) is 3.21. The van der Waals surface area contributed by atoms with Gasteiger partial charge in [0.15, 0.2) is 6.29 Å². The van der Waals surface area contributed by atoms with E-state index in [0.29, 0.717) is 36.5 Å². The first-order valence-corrected chi connectivity index (χ1v) is 12.9. The Kier molecular flexibility index (Phi) is 5.47. The molecule has 0 aromatic rings. The van der Waals surface area contributed by atoms with Crippen LogP contribution >= 0.6 is 0 Å². The van der Waals surface area contributed by atoms with E-state index in [2.05, 4.69) is 40.7 Å². The summed E-state index contributed by atoms with van der Waals surface area (Å²) in [6.07, 6.45) is 7.94. The van der Waals surface area contributed by atoms with Crippen molar-refractivity contribution in [1.82, 2.24) is 0 Å². The van der Waals surface area contributed by atoms with E-state index < -0.39 is 23.2 Å². The van der Waals surface area contributed by atoms with Crippen LogP contribution in [0.3, 0.4) is 0 Å². The summed E-state index contributed by atoms with van der Waals surface area (Å²) in [5.41, 5.74) is -1.42. The van der Waals surface area contributed by atoms with Gasteiger partial charge in [-0.1, -0.05) is 46.8 Å². The molecule has 1 heterocycles. The molecule has 1 saturated heterocycles. The molecule has 4 unspecified atom stereocenters. The van der Waals surface area contributed by atoms with Gasteiger partial charge in [0.2, 0.25) is 0 Å². The van der Waals surface area contributed by atoms with Crippen molar-refractivity contribution in [2.45, 2.75) is 97.2 Å². The van der Waals surface area contributed by atoms with Crippen LogP contribution < -0.4 is 0 Å². The Morgan fingerprint density at radius 3 is 2.34 bits per heavy atom. The quantitative estimate of drug-likeness (QED) is 0.559. The molecule has 5 rings (SSSR count). The van der Waals surface area contributed by atoms with Gasteiger partial charge in [0, 0.05) is 29.6 Å². The fourth-order valence-corrected chi connectivity index (χ4v) is 8.81. The van der Waals surface area contributed by atoms with E-state index in [-0.39, 0.29) is 23.0 Å². The van der Waals surface area contributed by atoms with Crippen molar-refractivity contribution in [2.24, 2.45) is 45.8 Å². The Morgan fingerprint density at radius 1 is 0.969 bits per heavy atom. The number of aliphatic hydroxyl groups is 3. The summed E-state index contributed by atoms with van der Waals surface area (Å²) < 4.78 is 12.4. The number of allylic oxidation sites excluding steroid dienone is 1. The Bertz CT molecular complexity index is 755. The molecule has 0 spiro atoms. The molecule has 0 amide bonds. The predicted molar refractivity (Wildman–Crippen MR) is 123 cm³/mol. The lowest BCUT2D eigenvalue weighted by Gasteiger charge is -2.63. The number of ether oxygens (including phenoxy) is 2. The molecule has 182 valence electrons. The van der Waals surface area contributed by atoms with Crippen LogP contribution in [0.2, 0.25) is 0 Å². The molecule has 5 nitrogen and oxygen atoms in total. The van der Waals surface area contributed by atoms with Crippen molar-refractivity contribution in [1.29, 1.82) is 0 Å². The van der Waals surface area contributed by atoms with Crippen LogP contribution in [0.25, 0.3) is 0 Å². The van der Waals surface area contributed by atoms with Gasteiger partial charge in [-0.15, -0.1) is 0 Å². The van der Waals surface area contributed by atoms with Gasteiger partial charge in [0.05, 0.1) is 31.0 Å². The highest BCUT2D eigenvalue weighted by Crippen LogP contribution is 2.67. The van der Waals surface area contributed by atoms with Crippen LogP contribution in [0, 0.1) is 45.8 Å². The molecule has 32 heavy (non-hydrogen) atoms. The van der Waals surface area contributed by atoms with Crippen molar-refractivity contribution in [3.63, 3.8) is 0 Å². The van der Waals surface area contributed by atoms with Gasteiger partial charge >= 0.3 is 0 Å². The minimum absolute atomic E-state index is 0.0872. The molecule has 4 aliphatic carbocycles. The maximum atomic E-state index is 11.5. The topological polar surface area (TPSA) is 79.2 Å². The number of hydrogen-bond donors (Lipinski definition) is 3. The zero-order valence-corrected chi connectivity index (χ0v) is 20.6. The Morgan fingerprint density at radius 2 is 1.66 bits per heavy atom. The maximum Gasteiger partial charge on any atom is 0.160 e. The van der Waals surface area contributed by atoms with E-state index in [1.807, 2.05) is 6.08 Å². The number of aliphatic hydroxyl groups excluding tert-OH is 2. The summed E-state index contributed by atoms with van der Waals surface area (Å²) in [5, 5.41) is 32.9. The molecule has 5 aliphatic rings. The van der Waals surface area contributed by atoms with Crippen molar-refractivity contribution in [3.8, 4) is 0 Å². The lowest BCUT2D eigenvalue weighted by atomic mass is 9.44. The number of hydrogen-bond acceptors (Lipinski definition) is 5. The lowest BCUT2D eigenvalue weighted by Crippen LogP contribution is -2.66. The van der Waals surface area contributed by atoms with Crippen LogP contribution in [0.4, 0.5) is 0 Å². The summed E-state index contributed by atoms with van der Waals surface area (Å²) in [6.45, 7) is 12.8. The fourth-order valence-electron chi connectivity index (χ4n) is 8.81. The van der Waals surface area contributed by atoms with Gasteiger partial charge in [-0.05, 0) is 54.8 Å². The first kappa shape index (κ1) is 23.3. The molecule has 0 bridgehead atoms. The molecule has 1 aliphatic heterocycles. The van der Waals surface area contributed by atoms with Crippen molar-refractivity contribution >= 4 is 0 Å². The Hall–Kier alpha value is -0.460. The highest BCUT2D eigenvalue weighted by atomic mass is 16.7. The summed E-state index contributed by atoms with van der Waals surface area (Å²) in [6, 6.07) is 0. The molecule has 10 atom stereocenters. The minimum Gasteiger partial charge on any atom is -0.393 e. The average Bonchev–Trinajstić information content (AvgIpc) is 3.06. The van der Waals surface area contributed by atoms with E-state index in [0.717, 1.165) is 26.1 Å². The second-order valence-corrected chi connectivity index (χ2v) is 13.2. The smallest absolute Gasteiger partial charge is 0.160 e. The average molecular weight is 449 g/mol. The van der Waals surface area contributed by atoms with Crippen LogP contribution in [0.1, 0.15) is 73.1 Å². The SMILES string of the molecule is CC(C1OCC(C)(C)CO1)[C@H]1CC[C@H]2[C@@H]3C=CC4(O)CC(O)CC(O)[C@]4(C)[C@H]3CC[C@]12C. The van der Waals surface area contributed by atoms with Gasteiger partial charge < -0.3 is 24.8 Å². The molecule has 4 fully saturated rings. The normalized spacial score (nSPS) is 53.9. The molecule has 3 saturated carbocycles. The first-order valence-electron chi connectivity index (χ1n) is 12.9. The summed E-state index contributed by atoms with van der Waals surface area (Å²) in [4.78, 5) is 0. The van der Waals surface area contributed by atoms with Crippen LogP contribution in [-0.2, 0) is 9.47 Å². The van der Waals surface area contributed by atoms with Gasteiger partial charge in [-0.25, -0.2) is 0 Å². The summed E-state index contributed by atoms with van der Waals surface area (Å²) in [7, 11) is 0. The molecule has 5 heteroatoms. The largest absolute Gasteiger partial charge is 0.393 e. The van der Waals surface area contributed by atoms with E-state index >= 15 is 0 Å². The molecular weight excluding hydrogens is 404 g/mol. The lowest BCUT2D eigenvalue weighted by molar-refractivity contribution is -0.254. The third-order valence-electron chi connectivity index (χ3n) is 10.8. The van der Waals surface area contributed by atoms with Gasteiger partial charge in [-0.3, -0.25) is 0 Å². The van der Waals surface area contributed by atoms with Crippen molar-refractivity contribution in [2.75, 3.05) is 13.2 Å². The summed E-state index contributed by atoms with van der Waals surface area (Å²) >= 11 is 0. The highest BCUT2D eigenvalue weighted by Gasteiger charge is 2.66. The monoisotopic (exact) mass is 448 g/mol. The standard InChI is InChI=1S/C27H44O5/c1-16(23-31-14-24(2,3)15-32-23)19-6-7-20-18-8-11-27(30)13-17(28)12-22(29)26(27,5)21(18)9-10-25(19,20)4/h8,11,16-23,28-30H,6-7,9-10,12-15H2,1-5H3/t16?,17?,18-,19+,20-,21-,22?,25+,26-,27?/m0/s1. The molecule has 3 N–H and O–H groups in total. The van der Waals surface area contributed by atoms with E-state index in [4.69, 9.17) is 9.47 Å². The second-order valence-electron chi connectivity index (χ2n) is 13.2. The number of fused-ring (bicyclic) bond motifs is 5. The van der Waals surface area contributed by atoms with Gasteiger partial charge in [0.1, 0.15) is 0 Å². The zero-order valence-electron chi connectivity index (χ0n) is 20.6. The van der Waals surface area contributed by atoms with Crippen LogP contribution in [-0.4, -0.2) is 52.6 Å². The van der Waals surface area contributed by atoms with E-state index in [9.17, 15) is 15.3 Å². The minimum atomic E-state index is -1.12. The van der Waals surface area contributed by atoms with Gasteiger partial charge in [0.25, 0.3) is 0 Å². The predicted octanol–water partition coefficient (Wildman–Crippen LogP) is 3.90. The summed E-state index contributed by atoms with van der Waals surface area (Å²) in [5.74, 6) is 2.07. The maximum absolute atomic E-state index is 11.5. The van der Waals surface area contributed by atoms with E-state index in [1.54, 1.807) is 0 Å². The molecular formula is C27H44O5. The fraction of sp³-hybridized carbons (Fsp3) is 0.926. The van der Waals surface area contributed by atoms with Gasteiger partial charge in [-0.2, -0.15) is 0 Å². The zero-order chi connectivity index (χ0) is 23.1. The Labute approximate surface area is 193 Å². The highest BCUT2D eigenvalue weighted by molar-refractivity contribution is 5.26. The molecule has 0 aromatic carbocycles. The van der Waals surface area contributed by atoms with E-state index in [1.165, 1.54) is 12.8 Å². The molecule has 0 aromatic heterocycles. The number of rotatable bonds is 2. The molecule has 0 radical (unpaired) electrons. The Balaban J connectivity index is 1.39. The van der Waals surface area contributed by atoms with Crippen LogP contribution in [0.5, 0.6) is 0 Å². The first-order chi connectivity index (χ1) is 14.9. The third-order valence-corrected chi connectivity index (χ3v) is 10.8.